The van der Waals surface area contributed by atoms with E-state index in [1.807, 2.05) is 0 Å². The van der Waals surface area contributed by atoms with E-state index < -0.39 is 0 Å². The minimum atomic E-state index is 0.215. The molecule has 0 heterocycles. The van der Waals surface area contributed by atoms with Crippen molar-refractivity contribution in [3.05, 3.63) is 35.4 Å². The fourth-order valence-electron chi connectivity index (χ4n) is 1.95. The Morgan fingerprint density at radius 1 is 1.06 bits per heavy atom. The third-order valence-corrected chi connectivity index (χ3v) is 3.50. The average molecular weight is 234 g/mol. The summed E-state index contributed by atoms with van der Waals surface area (Å²) in [6, 6.07) is 8.82. The minimum Gasteiger partial charge on any atom is -0.396 e. The van der Waals surface area contributed by atoms with Crippen LogP contribution in [0.5, 0.6) is 0 Å². The summed E-state index contributed by atoms with van der Waals surface area (Å²) < 4.78 is 0. The Morgan fingerprint density at radius 2 is 1.59 bits per heavy atom. The van der Waals surface area contributed by atoms with Crippen molar-refractivity contribution < 1.29 is 5.11 Å². The SMILES string of the molecule is CC(C)C(CO)Cc1ccc(C(C)(C)C)cc1. The summed E-state index contributed by atoms with van der Waals surface area (Å²) >= 11 is 0. The summed E-state index contributed by atoms with van der Waals surface area (Å²) in [4.78, 5) is 0. The molecule has 0 fully saturated rings. The second-order valence-corrected chi connectivity index (χ2v) is 6.34. The van der Waals surface area contributed by atoms with Crippen molar-refractivity contribution in [2.75, 3.05) is 6.61 Å². The molecule has 1 rings (SSSR count). The molecule has 1 nitrogen and oxygen atoms in total. The fraction of sp³-hybridized carbons (Fsp3) is 0.625. The van der Waals surface area contributed by atoms with Gasteiger partial charge in [-0.05, 0) is 34.8 Å². The Morgan fingerprint density at radius 3 is 1.94 bits per heavy atom. The molecular formula is C16H26O. The normalized spacial score (nSPS) is 14.1. The molecule has 0 aromatic heterocycles. The molecule has 1 heteroatoms. The zero-order chi connectivity index (χ0) is 13.1. The van der Waals surface area contributed by atoms with Crippen LogP contribution in [0.15, 0.2) is 24.3 Å². The van der Waals surface area contributed by atoms with Gasteiger partial charge in [0.1, 0.15) is 0 Å². The zero-order valence-electron chi connectivity index (χ0n) is 11.8. The molecule has 1 aromatic carbocycles. The highest BCUT2D eigenvalue weighted by Crippen LogP contribution is 2.23. The highest BCUT2D eigenvalue weighted by Gasteiger charge is 2.15. The molecule has 0 spiro atoms. The number of hydrogen-bond donors (Lipinski definition) is 1. The molecule has 1 aromatic rings. The van der Waals surface area contributed by atoms with Crippen LogP contribution < -0.4 is 0 Å². The summed E-state index contributed by atoms with van der Waals surface area (Å²) in [6.07, 6.45) is 0.971. The lowest BCUT2D eigenvalue weighted by Gasteiger charge is -2.21. The first-order valence-electron chi connectivity index (χ1n) is 6.55. The van der Waals surface area contributed by atoms with Crippen molar-refractivity contribution in [2.24, 2.45) is 11.8 Å². The van der Waals surface area contributed by atoms with E-state index in [-0.39, 0.29) is 12.0 Å². The van der Waals surface area contributed by atoms with Gasteiger partial charge in [0.15, 0.2) is 0 Å². The highest BCUT2D eigenvalue weighted by molar-refractivity contribution is 5.27. The molecule has 0 aliphatic heterocycles. The molecule has 0 amide bonds. The maximum atomic E-state index is 9.34. The quantitative estimate of drug-likeness (QED) is 0.840. The van der Waals surface area contributed by atoms with Gasteiger partial charge in [-0.2, -0.15) is 0 Å². The van der Waals surface area contributed by atoms with Gasteiger partial charge in [0, 0.05) is 6.61 Å². The average Bonchev–Trinajstić information content (AvgIpc) is 2.25. The molecule has 1 unspecified atom stereocenters. The van der Waals surface area contributed by atoms with Crippen LogP contribution in [0.3, 0.4) is 0 Å². The molecule has 0 saturated heterocycles. The Kier molecular flexibility index (Phi) is 4.76. The number of aliphatic hydroxyl groups is 1. The fourth-order valence-corrected chi connectivity index (χ4v) is 1.95. The van der Waals surface area contributed by atoms with Gasteiger partial charge >= 0.3 is 0 Å². The third-order valence-electron chi connectivity index (χ3n) is 3.50. The smallest absolute Gasteiger partial charge is 0.0464 e. The van der Waals surface area contributed by atoms with Gasteiger partial charge in [-0.3, -0.25) is 0 Å². The Labute approximate surface area is 106 Å². The van der Waals surface area contributed by atoms with Crippen molar-refractivity contribution in [3.8, 4) is 0 Å². The van der Waals surface area contributed by atoms with Crippen molar-refractivity contribution in [1.29, 1.82) is 0 Å². The van der Waals surface area contributed by atoms with E-state index >= 15 is 0 Å². The van der Waals surface area contributed by atoms with Crippen LogP contribution in [0, 0.1) is 11.8 Å². The van der Waals surface area contributed by atoms with Crippen LogP contribution in [0.4, 0.5) is 0 Å². The van der Waals surface area contributed by atoms with Gasteiger partial charge in [-0.15, -0.1) is 0 Å². The van der Waals surface area contributed by atoms with E-state index in [0.717, 1.165) is 6.42 Å². The van der Waals surface area contributed by atoms with Crippen molar-refractivity contribution in [2.45, 2.75) is 46.5 Å². The van der Waals surface area contributed by atoms with E-state index in [2.05, 4.69) is 58.9 Å². The van der Waals surface area contributed by atoms with E-state index in [4.69, 9.17) is 0 Å². The molecule has 17 heavy (non-hydrogen) atoms. The number of benzene rings is 1. The standard InChI is InChI=1S/C16H26O/c1-12(2)14(11-17)10-13-6-8-15(9-7-13)16(3,4)5/h6-9,12,14,17H,10-11H2,1-5H3. The first kappa shape index (κ1) is 14.2. The second kappa shape index (κ2) is 5.68. The lowest BCUT2D eigenvalue weighted by atomic mass is 9.85. The Hall–Kier alpha value is -0.820. The first-order valence-corrected chi connectivity index (χ1v) is 6.55. The molecule has 0 bridgehead atoms. The van der Waals surface area contributed by atoms with Gasteiger partial charge in [-0.1, -0.05) is 58.9 Å². The van der Waals surface area contributed by atoms with Gasteiger partial charge in [0.2, 0.25) is 0 Å². The lowest BCUT2D eigenvalue weighted by molar-refractivity contribution is 0.189. The molecule has 1 N–H and O–H groups in total. The molecule has 1 atom stereocenters. The van der Waals surface area contributed by atoms with Crippen molar-refractivity contribution >= 4 is 0 Å². The number of hydrogen-bond acceptors (Lipinski definition) is 1. The molecule has 0 aliphatic carbocycles. The molecular weight excluding hydrogens is 208 g/mol. The topological polar surface area (TPSA) is 20.2 Å². The van der Waals surface area contributed by atoms with Gasteiger partial charge < -0.3 is 5.11 Å². The van der Waals surface area contributed by atoms with Crippen LogP contribution in [-0.2, 0) is 11.8 Å². The monoisotopic (exact) mass is 234 g/mol. The van der Waals surface area contributed by atoms with Crippen LogP contribution in [0.2, 0.25) is 0 Å². The Bertz CT molecular complexity index is 330. The maximum Gasteiger partial charge on any atom is 0.0464 e. The largest absolute Gasteiger partial charge is 0.396 e. The molecule has 0 saturated carbocycles. The van der Waals surface area contributed by atoms with Crippen LogP contribution in [0.1, 0.15) is 45.7 Å². The molecule has 0 radical (unpaired) electrons. The summed E-state index contributed by atoms with van der Waals surface area (Å²) in [5, 5.41) is 9.34. The number of aliphatic hydroxyl groups excluding tert-OH is 1. The predicted molar refractivity (Wildman–Crippen MR) is 74.3 cm³/mol. The van der Waals surface area contributed by atoms with E-state index in [0.29, 0.717) is 11.8 Å². The maximum absolute atomic E-state index is 9.34. The summed E-state index contributed by atoms with van der Waals surface area (Å²) in [7, 11) is 0. The lowest BCUT2D eigenvalue weighted by Crippen LogP contribution is -2.16. The van der Waals surface area contributed by atoms with E-state index in [1.54, 1.807) is 0 Å². The second-order valence-electron chi connectivity index (χ2n) is 6.34. The minimum absolute atomic E-state index is 0.215. The number of rotatable bonds is 4. The predicted octanol–water partition coefficient (Wildman–Crippen LogP) is 3.79. The van der Waals surface area contributed by atoms with Gasteiger partial charge in [0.25, 0.3) is 0 Å². The van der Waals surface area contributed by atoms with Crippen LogP contribution in [-0.4, -0.2) is 11.7 Å². The molecule has 96 valence electrons. The summed E-state index contributed by atoms with van der Waals surface area (Å²) in [6.45, 7) is 11.3. The Balaban J connectivity index is 2.75. The molecule has 0 aliphatic rings. The van der Waals surface area contributed by atoms with Crippen LogP contribution >= 0.6 is 0 Å². The van der Waals surface area contributed by atoms with Crippen molar-refractivity contribution in [1.82, 2.24) is 0 Å². The summed E-state index contributed by atoms with van der Waals surface area (Å²) in [5.74, 6) is 0.901. The highest BCUT2D eigenvalue weighted by atomic mass is 16.3. The van der Waals surface area contributed by atoms with Crippen LogP contribution in [0.25, 0.3) is 0 Å². The van der Waals surface area contributed by atoms with E-state index in [9.17, 15) is 5.11 Å². The zero-order valence-corrected chi connectivity index (χ0v) is 11.8. The third kappa shape index (κ3) is 4.16. The van der Waals surface area contributed by atoms with E-state index in [1.165, 1.54) is 11.1 Å². The van der Waals surface area contributed by atoms with Crippen molar-refractivity contribution in [3.63, 3.8) is 0 Å². The summed E-state index contributed by atoms with van der Waals surface area (Å²) in [5.41, 5.74) is 2.91. The van der Waals surface area contributed by atoms with Gasteiger partial charge in [-0.25, -0.2) is 0 Å². The van der Waals surface area contributed by atoms with Gasteiger partial charge in [0.05, 0.1) is 0 Å². The first-order chi connectivity index (χ1) is 7.84.